The predicted octanol–water partition coefficient (Wildman–Crippen LogP) is 3.29. The number of hydrogen-bond donors (Lipinski definition) is 0. The first kappa shape index (κ1) is 13.8. The number of halogens is 1. The van der Waals surface area contributed by atoms with E-state index in [9.17, 15) is 4.39 Å². The van der Waals surface area contributed by atoms with Crippen LogP contribution in [0, 0.1) is 5.82 Å². The zero-order valence-corrected chi connectivity index (χ0v) is 12.3. The molecule has 0 bridgehead atoms. The van der Waals surface area contributed by atoms with E-state index >= 15 is 0 Å². The van der Waals surface area contributed by atoms with Gasteiger partial charge in [0.15, 0.2) is 0 Å². The van der Waals surface area contributed by atoms with Gasteiger partial charge in [0.25, 0.3) is 0 Å². The van der Waals surface area contributed by atoms with Crippen LogP contribution < -0.4 is 0 Å². The van der Waals surface area contributed by atoms with Crippen molar-refractivity contribution in [1.29, 1.82) is 0 Å². The molecule has 0 spiro atoms. The van der Waals surface area contributed by atoms with Crippen molar-refractivity contribution in [3.05, 3.63) is 65.7 Å². The van der Waals surface area contributed by atoms with Gasteiger partial charge in [0.05, 0.1) is 17.6 Å². The summed E-state index contributed by atoms with van der Waals surface area (Å²) in [7, 11) is 4.06. The largest absolute Gasteiger partial charge is 0.322 e. The molecule has 1 heterocycles. The van der Waals surface area contributed by atoms with Gasteiger partial charge in [-0.15, -0.1) is 0 Å². The number of rotatable bonds is 4. The Morgan fingerprint density at radius 1 is 1.05 bits per heavy atom. The summed E-state index contributed by atoms with van der Waals surface area (Å²) in [6.07, 6.45) is 0. The maximum absolute atomic E-state index is 13.0. The van der Waals surface area contributed by atoms with Crippen molar-refractivity contribution in [2.24, 2.45) is 0 Å². The van der Waals surface area contributed by atoms with E-state index in [1.807, 2.05) is 44.4 Å². The Morgan fingerprint density at radius 3 is 2.48 bits per heavy atom. The Bertz CT molecular complexity index is 744. The van der Waals surface area contributed by atoms with Crippen LogP contribution in [-0.4, -0.2) is 28.5 Å². The van der Waals surface area contributed by atoms with Gasteiger partial charge >= 0.3 is 0 Å². The van der Waals surface area contributed by atoms with Crippen LogP contribution in [0.2, 0.25) is 0 Å². The highest BCUT2D eigenvalue weighted by Gasteiger charge is 2.11. The van der Waals surface area contributed by atoms with Gasteiger partial charge in [-0.2, -0.15) is 0 Å². The first-order chi connectivity index (χ1) is 10.1. The summed E-state index contributed by atoms with van der Waals surface area (Å²) >= 11 is 0. The summed E-state index contributed by atoms with van der Waals surface area (Å²) in [5.74, 6) is 0.813. The number of hydrogen-bond acceptors (Lipinski definition) is 2. The minimum absolute atomic E-state index is 0.206. The quantitative estimate of drug-likeness (QED) is 0.732. The van der Waals surface area contributed by atoms with Crippen LogP contribution in [0.25, 0.3) is 11.0 Å². The number of fused-ring (bicyclic) bond motifs is 1. The second-order valence-electron chi connectivity index (χ2n) is 5.47. The zero-order valence-electron chi connectivity index (χ0n) is 12.3. The lowest BCUT2D eigenvalue weighted by molar-refractivity contribution is 0.384. The fourth-order valence-electron chi connectivity index (χ4n) is 2.48. The molecule has 0 aliphatic heterocycles. The molecule has 3 rings (SSSR count). The topological polar surface area (TPSA) is 21.1 Å². The molecule has 0 unspecified atom stereocenters. The normalized spacial score (nSPS) is 11.4. The summed E-state index contributed by atoms with van der Waals surface area (Å²) in [5, 5.41) is 0. The maximum Gasteiger partial charge on any atom is 0.124 e. The smallest absolute Gasteiger partial charge is 0.124 e. The molecular weight excluding hydrogens is 265 g/mol. The van der Waals surface area contributed by atoms with Gasteiger partial charge < -0.3 is 9.47 Å². The Hall–Kier alpha value is -2.20. The van der Waals surface area contributed by atoms with E-state index in [-0.39, 0.29) is 5.82 Å². The second kappa shape index (κ2) is 5.66. The summed E-state index contributed by atoms with van der Waals surface area (Å²) in [6, 6.07) is 14.8. The molecule has 21 heavy (non-hydrogen) atoms. The van der Waals surface area contributed by atoms with Gasteiger partial charge in [0, 0.05) is 6.54 Å². The number of benzene rings is 2. The minimum atomic E-state index is -0.206. The van der Waals surface area contributed by atoms with Crippen molar-refractivity contribution >= 4 is 11.0 Å². The number of aromatic nitrogens is 2. The van der Waals surface area contributed by atoms with E-state index < -0.39 is 0 Å². The highest BCUT2D eigenvalue weighted by Crippen LogP contribution is 2.19. The monoisotopic (exact) mass is 283 g/mol. The zero-order chi connectivity index (χ0) is 14.8. The molecule has 0 saturated heterocycles. The third-order valence-corrected chi connectivity index (χ3v) is 3.45. The van der Waals surface area contributed by atoms with E-state index in [0.717, 1.165) is 29.0 Å². The van der Waals surface area contributed by atoms with Crippen molar-refractivity contribution in [2.45, 2.75) is 13.1 Å². The van der Waals surface area contributed by atoms with Gasteiger partial charge in [0.1, 0.15) is 11.6 Å². The van der Waals surface area contributed by atoms with E-state index in [1.54, 1.807) is 0 Å². The molecule has 0 aliphatic rings. The molecule has 0 amide bonds. The minimum Gasteiger partial charge on any atom is -0.322 e. The predicted molar refractivity (Wildman–Crippen MR) is 82.6 cm³/mol. The van der Waals surface area contributed by atoms with Crippen LogP contribution in [0.5, 0.6) is 0 Å². The third kappa shape index (κ3) is 2.95. The molecule has 1 aromatic heterocycles. The molecular formula is C17H18FN3. The third-order valence-electron chi connectivity index (χ3n) is 3.45. The van der Waals surface area contributed by atoms with Crippen molar-refractivity contribution in [3.63, 3.8) is 0 Å². The number of para-hydroxylation sites is 2. The van der Waals surface area contributed by atoms with Crippen molar-refractivity contribution < 1.29 is 4.39 Å². The summed E-state index contributed by atoms with van der Waals surface area (Å²) in [5.41, 5.74) is 3.18. The van der Waals surface area contributed by atoms with E-state index in [1.165, 1.54) is 12.1 Å². The average molecular weight is 283 g/mol. The molecule has 108 valence electrons. The van der Waals surface area contributed by atoms with Crippen molar-refractivity contribution in [3.8, 4) is 0 Å². The molecule has 0 N–H and O–H groups in total. The SMILES string of the molecule is CN(C)Cc1nc2ccccc2n1Cc1ccc(F)cc1. The first-order valence-electron chi connectivity index (χ1n) is 6.97. The first-order valence-corrected chi connectivity index (χ1v) is 6.97. The lowest BCUT2D eigenvalue weighted by atomic mass is 10.2. The molecule has 3 nitrogen and oxygen atoms in total. The summed E-state index contributed by atoms with van der Waals surface area (Å²) < 4.78 is 15.2. The molecule has 0 saturated carbocycles. The van der Waals surface area contributed by atoms with Gasteiger partial charge in [-0.05, 0) is 43.9 Å². The Labute approximate surface area is 123 Å². The molecule has 0 fully saturated rings. The Kier molecular flexibility index (Phi) is 3.71. The average Bonchev–Trinajstić information content (AvgIpc) is 2.78. The molecule has 0 radical (unpaired) electrons. The van der Waals surface area contributed by atoms with Crippen LogP contribution in [0.15, 0.2) is 48.5 Å². The molecule has 0 atom stereocenters. The maximum atomic E-state index is 13.0. The van der Waals surface area contributed by atoms with Crippen LogP contribution >= 0.6 is 0 Å². The highest BCUT2D eigenvalue weighted by atomic mass is 19.1. The van der Waals surface area contributed by atoms with Crippen molar-refractivity contribution in [1.82, 2.24) is 14.5 Å². The summed E-state index contributed by atoms with van der Waals surface area (Å²) in [6.45, 7) is 1.47. The van der Waals surface area contributed by atoms with Crippen LogP contribution in [0.3, 0.4) is 0 Å². The highest BCUT2D eigenvalue weighted by molar-refractivity contribution is 5.76. The number of imidazole rings is 1. The Balaban J connectivity index is 2.03. The van der Waals surface area contributed by atoms with Gasteiger partial charge in [-0.1, -0.05) is 24.3 Å². The van der Waals surface area contributed by atoms with Crippen LogP contribution in [-0.2, 0) is 13.1 Å². The lowest BCUT2D eigenvalue weighted by Gasteiger charge is -2.13. The lowest BCUT2D eigenvalue weighted by Crippen LogP contribution is -2.16. The molecule has 4 heteroatoms. The van der Waals surface area contributed by atoms with E-state index in [2.05, 4.69) is 15.5 Å². The van der Waals surface area contributed by atoms with Crippen LogP contribution in [0.4, 0.5) is 4.39 Å². The van der Waals surface area contributed by atoms with E-state index in [4.69, 9.17) is 4.98 Å². The standard InChI is InChI=1S/C17H18FN3/c1-20(2)12-17-19-15-5-3-4-6-16(15)21(17)11-13-7-9-14(18)10-8-13/h3-10H,11-12H2,1-2H3. The second-order valence-corrected chi connectivity index (χ2v) is 5.47. The van der Waals surface area contributed by atoms with Crippen LogP contribution in [0.1, 0.15) is 11.4 Å². The Morgan fingerprint density at radius 2 is 1.76 bits per heavy atom. The molecule has 2 aromatic carbocycles. The molecule has 3 aromatic rings. The fourth-order valence-corrected chi connectivity index (χ4v) is 2.48. The van der Waals surface area contributed by atoms with Gasteiger partial charge in [-0.25, -0.2) is 9.37 Å². The molecule has 0 aliphatic carbocycles. The number of nitrogens with zero attached hydrogens (tertiary/aromatic N) is 3. The van der Waals surface area contributed by atoms with Crippen molar-refractivity contribution in [2.75, 3.05) is 14.1 Å². The summed E-state index contributed by atoms with van der Waals surface area (Å²) in [4.78, 5) is 6.81. The van der Waals surface area contributed by atoms with Gasteiger partial charge in [0.2, 0.25) is 0 Å². The van der Waals surface area contributed by atoms with E-state index in [0.29, 0.717) is 6.54 Å². The van der Waals surface area contributed by atoms with Gasteiger partial charge in [-0.3, -0.25) is 0 Å². The fraction of sp³-hybridized carbons (Fsp3) is 0.235.